The van der Waals surface area contributed by atoms with Crippen molar-refractivity contribution in [3.63, 3.8) is 0 Å². The maximum atomic E-state index is 12.5. The van der Waals surface area contributed by atoms with Crippen LogP contribution in [-0.4, -0.2) is 31.0 Å². The number of carbonyl (C=O) groups is 1. The Hall–Kier alpha value is -1.71. The Labute approximate surface area is 114 Å². The Bertz CT molecular complexity index is 438. The normalized spacial score (nSPS) is 16.6. The molecule has 1 aliphatic rings. The van der Waals surface area contributed by atoms with Gasteiger partial charge in [0.2, 0.25) is 0 Å². The molecular weight excluding hydrogens is 240 g/mol. The summed E-state index contributed by atoms with van der Waals surface area (Å²) in [5.74, 6) is 0.651. The van der Waals surface area contributed by atoms with E-state index >= 15 is 0 Å². The second kappa shape index (κ2) is 6.45. The van der Waals surface area contributed by atoms with Crippen molar-refractivity contribution < 1.29 is 9.53 Å². The smallest absolute Gasteiger partial charge is 0.253 e. The van der Waals surface area contributed by atoms with Crippen LogP contribution in [0, 0.1) is 0 Å². The number of benzene rings is 1. The number of carbonyl (C=O) groups excluding carboxylic acids is 1. The van der Waals surface area contributed by atoms with Crippen LogP contribution in [0.5, 0.6) is 5.75 Å². The Kier molecular flexibility index (Phi) is 4.66. The number of ether oxygens (including phenoxy) is 1. The predicted molar refractivity (Wildman–Crippen MR) is 76.4 cm³/mol. The van der Waals surface area contributed by atoms with Gasteiger partial charge in [0.25, 0.3) is 5.91 Å². The van der Waals surface area contributed by atoms with E-state index in [2.05, 4.69) is 0 Å². The molecule has 0 saturated carbocycles. The molecule has 0 aromatic heterocycles. The minimum atomic E-state index is 0.0835. The highest BCUT2D eigenvalue weighted by atomic mass is 16.5. The molecule has 2 N–H and O–H groups in total. The minimum Gasteiger partial charge on any atom is -0.495 e. The molecule has 0 atom stereocenters. The third kappa shape index (κ3) is 3.40. The Morgan fingerprint density at radius 1 is 1.16 bits per heavy atom. The van der Waals surface area contributed by atoms with Gasteiger partial charge in [-0.15, -0.1) is 0 Å². The maximum absolute atomic E-state index is 12.5. The third-order valence-corrected chi connectivity index (χ3v) is 3.62. The first-order valence-corrected chi connectivity index (χ1v) is 6.95. The van der Waals surface area contributed by atoms with Crippen LogP contribution in [0.1, 0.15) is 42.5 Å². The number of hydrogen-bond donors (Lipinski definition) is 1. The fraction of sp³-hybridized carbons (Fsp3) is 0.533. The molecule has 0 spiro atoms. The molecule has 4 nitrogen and oxygen atoms in total. The summed E-state index contributed by atoms with van der Waals surface area (Å²) in [5, 5.41) is 0. The summed E-state index contributed by atoms with van der Waals surface area (Å²) in [6, 6.07) is 5.24. The van der Waals surface area contributed by atoms with E-state index < -0.39 is 0 Å². The van der Waals surface area contributed by atoms with E-state index in [4.69, 9.17) is 10.5 Å². The quantitative estimate of drug-likeness (QED) is 0.834. The van der Waals surface area contributed by atoms with E-state index in [9.17, 15) is 4.79 Å². The second-order valence-electron chi connectivity index (χ2n) is 5.02. The molecule has 104 valence electrons. The van der Waals surface area contributed by atoms with Gasteiger partial charge in [-0.2, -0.15) is 0 Å². The zero-order valence-electron chi connectivity index (χ0n) is 11.5. The molecule has 0 unspecified atom stereocenters. The summed E-state index contributed by atoms with van der Waals surface area (Å²) in [7, 11) is 1.57. The highest BCUT2D eigenvalue weighted by Gasteiger charge is 2.17. The average molecular weight is 262 g/mol. The van der Waals surface area contributed by atoms with Crippen molar-refractivity contribution in [2.45, 2.75) is 32.1 Å². The monoisotopic (exact) mass is 262 g/mol. The van der Waals surface area contributed by atoms with E-state index in [-0.39, 0.29) is 5.91 Å². The SMILES string of the molecule is COc1cc(C(=O)N2CCCCCCC2)ccc1N. The Morgan fingerprint density at radius 2 is 1.79 bits per heavy atom. The van der Waals surface area contributed by atoms with Gasteiger partial charge >= 0.3 is 0 Å². The van der Waals surface area contributed by atoms with Gasteiger partial charge < -0.3 is 15.4 Å². The van der Waals surface area contributed by atoms with Crippen LogP contribution in [0.2, 0.25) is 0 Å². The number of nitrogens with two attached hydrogens (primary N) is 1. The molecule has 1 fully saturated rings. The predicted octanol–water partition coefficient (Wildman–Crippen LogP) is 2.68. The van der Waals surface area contributed by atoms with Crippen molar-refractivity contribution in [1.29, 1.82) is 0 Å². The van der Waals surface area contributed by atoms with Crippen LogP contribution in [0.15, 0.2) is 18.2 Å². The molecule has 1 aliphatic heterocycles. The van der Waals surface area contributed by atoms with Crippen LogP contribution < -0.4 is 10.5 Å². The molecule has 1 aromatic carbocycles. The molecule has 1 aromatic rings. The van der Waals surface area contributed by atoms with Crippen molar-refractivity contribution >= 4 is 11.6 Å². The van der Waals surface area contributed by atoms with E-state index in [1.165, 1.54) is 19.3 Å². The number of methoxy groups -OCH3 is 1. The van der Waals surface area contributed by atoms with Crippen molar-refractivity contribution in [3.8, 4) is 5.75 Å². The lowest BCUT2D eigenvalue weighted by Crippen LogP contribution is -2.33. The number of anilines is 1. The van der Waals surface area contributed by atoms with Gasteiger partial charge in [-0.25, -0.2) is 0 Å². The van der Waals surface area contributed by atoms with Crippen molar-refractivity contribution in [3.05, 3.63) is 23.8 Å². The molecule has 19 heavy (non-hydrogen) atoms. The van der Waals surface area contributed by atoms with Gasteiger partial charge in [0.05, 0.1) is 12.8 Å². The molecule has 4 heteroatoms. The molecule has 0 radical (unpaired) electrons. The van der Waals surface area contributed by atoms with Gasteiger partial charge in [-0.05, 0) is 31.0 Å². The number of nitrogen functional groups attached to an aromatic ring is 1. The van der Waals surface area contributed by atoms with E-state index in [0.29, 0.717) is 17.0 Å². The number of hydrogen-bond acceptors (Lipinski definition) is 3. The lowest BCUT2D eigenvalue weighted by molar-refractivity contribution is 0.0742. The number of likely N-dealkylation sites (tertiary alicyclic amines) is 1. The molecule has 1 heterocycles. The van der Waals surface area contributed by atoms with Gasteiger partial charge in [0, 0.05) is 18.7 Å². The lowest BCUT2D eigenvalue weighted by atomic mass is 10.1. The molecule has 0 aliphatic carbocycles. The summed E-state index contributed by atoms with van der Waals surface area (Å²) >= 11 is 0. The number of amides is 1. The zero-order valence-corrected chi connectivity index (χ0v) is 11.5. The van der Waals surface area contributed by atoms with Crippen molar-refractivity contribution in [2.24, 2.45) is 0 Å². The largest absolute Gasteiger partial charge is 0.495 e. The van der Waals surface area contributed by atoms with E-state index in [0.717, 1.165) is 25.9 Å². The Balaban J connectivity index is 2.13. The molecular formula is C15H22N2O2. The fourth-order valence-electron chi connectivity index (χ4n) is 2.48. The summed E-state index contributed by atoms with van der Waals surface area (Å²) in [6.07, 6.45) is 5.91. The van der Waals surface area contributed by atoms with Gasteiger partial charge in [-0.1, -0.05) is 19.3 Å². The molecule has 0 bridgehead atoms. The topological polar surface area (TPSA) is 55.6 Å². The zero-order chi connectivity index (χ0) is 13.7. The maximum Gasteiger partial charge on any atom is 0.253 e. The summed E-state index contributed by atoms with van der Waals surface area (Å²) in [4.78, 5) is 14.4. The number of rotatable bonds is 2. The van der Waals surface area contributed by atoms with E-state index in [1.807, 2.05) is 4.90 Å². The van der Waals surface area contributed by atoms with Crippen LogP contribution >= 0.6 is 0 Å². The Morgan fingerprint density at radius 3 is 2.42 bits per heavy atom. The first-order chi connectivity index (χ1) is 9.22. The first kappa shape index (κ1) is 13.7. The minimum absolute atomic E-state index is 0.0835. The lowest BCUT2D eigenvalue weighted by Gasteiger charge is -2.25. The standard InChI is InChI=1S/C15H22N2O2/c1-19-14-11-12(7-8-13(14)16)15(18)17-9-5-3-2-4-6-10-17/h7-8,11H,2-6,9-10,16H2,1H3. The van der Waals surface area contributed by atoms with Crippen LogP contribution in [0.25, 0.3) is 0 Å². The summed E-state index contributed by atoms with van der Waals surface area (Å²) in [6.45, 7) is 1.71. The molecule has 2 rings (SSSR count). The van der Waals surface area contributed by atoms with Crippen LogP contribution in [0.3, 0.4) is 0 Å². The van der Waals surface area contributed by atoms with Gasteiger partial charge in [0.1, 0.15) is 5.75 Å². The van der Waals surface area contributed by atoms with Crippen LogP contribution in [0.4, 0.5) is 5.69 Å². The highest BCUT2D eigenvalue weighted by molar-refractivity contribution is 5.95. The number of nitrogens with zero attached hydrogens (tertiary/aromatic N) is 1. The summed E-state index contributed by atoms with van der Waals surface area (Å²) < 4.78 is 5.17. The molecule has 1 amide bonds. The van der Waals surface area contributed by atoms with Crippen molar-refractivity contribution in [1.82, 2.24) is 4.90 Å². The summed E-state index contributed by atoms with van der Waals surface area (Å²) in [5.41, 5.74) is 7.00. The van der Waals surface area contributed by atoms with Gasteiger partial charge in [-0.3, -0.25) is 4.79 Å². The first-order valence-electron chi connectivity index (χ1n) is 6.95. The second-order valence-corrected chi connectivity index (χ2v) is 5.02. The fourth-order valence-corrected chi connectivity index (χ4v) is 2.48. The van der Waals surface area contributed by atoms with Gasteiger partial charge in [0.15, 0.2) is 0 Å². The van der Waals surface area contributed by atoms with Crippen molar-refractivity contribution in [2.75, 3.05) is 25.9 Å². The van der Waals surface area contributed by atoms with Crippen LogP contribution in [-0.2, 0) is 0 Å². The highest BCUT2D eigenvalue weighted by Crippen LogP contribution is 2.23. The molecule has 1 saturated heterocycles. The third-order valence-electron chi connectivity index (χ3n) is 3.62. The van der Waals surface area contributed by atoms with E-state index in [1.54, 1.807) is 25.3 Å². The average Bonchev–Trinajstić information content (AvgIpc) is 2.38.